The molecule has 2 rings (SSSR count). The van der Waals surface area contributed by atoms with Crippen LogP contribution in [-0.4, -0.2) is 58.9 Å². The lowest BCUT2D eigenvalue weighted by atomic mass is 10.2. The number of methoxy groups -OCH3 is 2. The van der Waals surface area contributed by atoms with Crippen LogP contribution in [0.4, 0.5) is 5.95 Å². The lowest BCUT2D eigenvalue weighted by Gasteiger charge is -2.20. The van der Waals surface area contributed by atoms with Gasteiger partial charge in [-0.2, -0.15) is 15.0 Å². The number of halogens is 1. The van der Waals surface area contributed by atoms with Gasteiger partial charge in [-0.15, -0.1) is 0 Å². The minimum absolute atomic E-state index is 0.0417. The Bertz CT molecular complexity index is 487. The van der Waals surface area contributed by atoms with Gasteiger partial charge >= 0.3 is 12.0 Å². The zero-order chi connectivity index (χ0) is 14.0. The van der Waals surface area contributed by atoms with Crippen LogP contribution in [0.2, 0.25) is 5.28 Å². The van der Waals surface area contributed by atoms with Gasteiger partial charge in [-0.05, 0) is 11.6 Å². The molecule has 1 saturated heterocycles. The molecule has 1 aromatic heterocycles. The van der Waals surface area contributed by atoms with Gasteiger partial charge in [0.25, 0.3) is 0 Å². The highest BCUT2D eigenvalue weighted by Crippen LogP contribution is 2.26. The molecule has 0 aromatic carbocycles. The highest BCUT2D eigenvalue weighted by Gasteiger charge is 2.38. The van der Waals surface area contributed by atoms with Gasteiger partial charge in [0, 0.05) is 20.1 Å². The van der Waals surface area contributed by atoms with Crippen molar-refractivity contribution in [1.82, 2.24) is 15.0 Å². The van der Waals surface area contributed by atoms with Crippen molar-refractivity contribution < 1.29 is 19.4 Å². The predicted molar refractivity (Wildman–Crippen MR) is 65.6 cm³/mol. The van der Waals surface area contributed by atoms with Crippen LogP contribution in [0.25, 0.3) is 0 Å². The molecule has 1 N–H and O–H groups in total. The Morgan fingerprint density at radius 3 is 2.74 bits per heavy atom. The van der Waals surface area contributed by atoms with Gasteiger partial charge in [-0.1, -0.05) is 0 Å². The third-order valence-electron chi connectivity index (χ3n) is 2.90. The van der Waals surface area contributed by atoms with Crippen molar-refractivity contribution in [3.05, 3.63) is 5.28 Å². The van der Waals surface area contributed by atoms with E-state index in [1.165, 1.54) is 19.1 Å². The first-order chi connectivity index (χ1) is 9.05. The Kier molecular flexibility index (Phi) is 4.01. The lowest BCUT2D eigenvalue weighted by molar-refractivity contribution is -0.138. The van der Waals surface area contributed by atoms with E-state index in [0.29, 0.717) is 13.0 Å². The maximum Gasteiger partial charge on any atom is 0.326 e. The Morgan fingerprint density at radius 1 is 1.42 bits per heavy atom. The smallest absolute Gasteiger partial charge is 0.326 e. The maximum atomic E-state index is 11.3. The molecule has 2 atom stereocenters. The molecule has 0 saturated carbocycles. The van der Waals surface area contributed by atoms with Crippen LogP contribution in [0.3, 0.4) is 0 Å². The van der Waals surface area contributed by atoms with E-state index < -0.39 is 12.0 Å². The van der Waals surface area contributed by atoms with E-state index in [1.54, 1.807) is 0 Å². The predicted octanol–water partition coefficient (Wildman–Crippen LogP) is 0.212. The van der Waals surface area contributed by atoms with Crippen molar-refractivity contribution in [1.29, 1.82) is 0 Å². The molecule has 0 spiro atoms. The Labute approximate surface area is 114 Å². The summed E-state index contributed by atoms with van der Waals surface area (Å²) in [6, 6.07) is -0.715. The van der Waals surface area contributed by atoms with E-state index in [0.717, 1.165) is 0 Å². The molecular weight excluding hydrogens is 276 g/mol. The molecule has 1 aliphatic heterocycles. The first kappa shape index (κ1) is 13.8. The maximum absolute atomic E-state index is 11.3. The Balaban J connectivity index is 2.33. The van der Waals surface area contributed by atoms with Crippen LogP contribution in [0.5, 0.6) is 6.01 Å². The quantitative estimate of drug-likeness (QED) is 0.840. The SMILES string of the molecule is COc1nc(Cl)nc(N2CC(OC)CC2C(=O)O)n1. The summed E-state index contributed by atoms with van der Waals surface area (Å²) in [6.07, 6.45) is 0.167. The molecule has 1 aromatic rings. The van der Waals surface area contributed by atoms with Gasteiger partial charge in [0.1, 0.15) is 6.04 Å². The monoisotopic (exact) mass is 288 g/mol. The molecule has 9 heteroatoms. The Hall–Kier alpha value is -1.67. The van der Waals surface area contributed by atoms with Gasteiger partial charge in [0.15, 0.2) is 0 Å². The largest absolute Gasteiger partial charge is 0.480 e. The highest BCUT2D eigenvalue weighted by atomic mass is 35.5. The van der Waals surface area contributed by atoms with Crippen molar-refractivity contribution in [3.63, 3.8) is 0 Å². The van der Waals surface area contributed by atoms with Crippen molar-refractivity contribution in [3.8, 4) is 6.01 Å². The normalized spacial score (nSPS) is 22.6. The summed E-state index contributed by atoms with van der Waals surface area (Å²) >= 11 is 5.76. The minimum atomic E-state index is -0.963. The third kappa shape index (κ3) is 2.85. The molecule has 1 aliphatic rings. The number of carboxylic acid groups (broad SMARTS) is 1. The summed E-state index contributed by atoms with van der Waals surface area (Å²) in [5.74, 6) is -0.793. The first-order valence-corrected chi connectivity index (χ1v) is 5.90. The van der Waals surface area contributed by atoms with Crippen LogP contribution in [-0.2, 0) is 9.53 Å². The van der Waals surface area contributed by atoms with Crippen LogP contribution >= 0.6 is 11.6 Å². The summed E-state index contributed by atoms with van der Waals surface area (Å²) in [5, 5.41) is 9.17. The molecule has 19 heavy (non-hydrogen) atoms. The third-order valence-corrected chi connectivity index (χ3v) is 3.07. The van der Waals surface area contributed by atoms with Gasteiger partial charge in [0.05, 0.1) is 13.2 Å². The van der Waals surface area contributed by atoms with E-state index in [9.17, 15) is 9.90 Å². The molecule has 1 fully saturated rings. The van der Waals surface area contributed by atoms with Crippen molar-refractivity contribution in [2.75, 3.05) is 25.7 Å². The highest BCUT2D eigenvalue weighted by molar-refractivity contribution is 6.28. The second-order valence-corrected chi connectivity index (χ2v) is 4.33. The number of carbonyl (C=O) groups is 1. The van der Waals surface area contributed by atoms with Crippen LogP contribution in [0, 0.1) is 0 Å². The van der Waals surface area contributed by atoms with E-state index in [4.69, 9.17) is 21.1 Å². The molecule has 8 nitrogen and oxygen atoms in total. The van der Waals surface area contributed by atoms with Gasteiger partial charge in [0.2, 0.25) is 11.2 Å². The summed E-state index contributed by atoms with van der Waals surface area (Å²) in [5.41, 5.74) is 0. The summed E-state index contributed by atoms with van der Waals surface area (Å²) in [7, 11) is 2.93. The van der Waals surface area contributed by atoms with E-state index in [2.05, 4.69) is 15.0 Å². The molecule has 0 radical (unpaired) electrons. The van der Waals surface area contributed by atoms with Crippen LogP contribution in [0.15, 0.2) is 0 Å². The zero-order valence-electron chi connectivity index (χ0n) is 10.4. The number of hydrogen-bond acceptors (Lipinski definition) is 7. The van der Waals surface area contributed by atoms with Crippen molar-refractivity contribution in [2.24, 2.45) is 0 Å². The summed E-state index contributed by atoms with van der Waals surface area (Å²) in [6.45, 7) is 0.372. The standard InChI is InChI=1S/C10H13ClN4O4/c1-18-5-3-6(7(16)17)15(4-5)9-12-8(11)13-10(14-9)19-2/h5-6H,3-4H2,1-2H3,(H,16,17). The average molecular weight is 289 g/mol. The summed E-state index contributed by atoms with van der Waals surface area (Å²) < 4.78 is 10.1. The number of ether oxygens (including phenoxy) is 2. The summed E-state index contributed by atoms with van der Waals surface area (Å²) in [4.78, 5) is 24.5. The average Bonchev–Trinajstić information content (AvgIpc) is 2.82. The van der Waals surface area contributed by atoms with E-state index in [1.807, 2.05) is 0 Å². The number of nitrogens with zero attached hydrogens (tertiary/aromatic N) is 4. The number of rotatable bonds is 4. The fourth-order valence-electron chi connectivity index (χ4n) is 1.97. The van der Waals surface area contributed by atoms with E-state index >= 15 is 0 Å². The molecule has 2 heterocycles. The number of aromatic nitrogens is 3. The number of carboxylic acids is 1. The van der Waals surface area contributed by atoms with Crippen molar-refractivity contribution >= 4 is 23.5 Å². The van der Waals surface area contributed by atoms with Gasteiger partial charge in [-0.25, -0.2) is 4.79 Å². The molecule has 2 unspecified atom stereocenters. The molecular formula is C10H13ClN4O4. The fourth-order valence-corrected chi connectivity index (χ4v) is 2.11. The first-order valence-electron chi connectivity index (χ1n) is 5.53. The minimum Gasteiger partial charge on any atom is -0.480 e. The molecule has 0 aliphatic carbocycles. The van der Waals surface area contributed by atoms with Gasteiger partial charge < -0.3 is 19.5 Å². The topological polar surface area (TPSA) is 97.7 Å². The number of anilines is 1. The fraction of sp³-hybridized carbons (Fsp3) is 0.600. The van der Waals surface area contributed by atoms with Crippen molar-refractivity contribution in [2.45, 2.75) is 18.6 Å². The molecule has 0 bridgehead atoms. The zero-order valence-corrected chi connectivity index (χ0v) is 11.2. The Morgan fingerprint density at radius 2 is 2.16 bits per heavy atom. The second-order valence-electron chi connectivity index (χ2n) is 3.99. The second kappa shape index (κ2) is 5.54. The number of hydrogen-bond donors (Lipinski definition) is 1. The van der Waals surface area contributed by atoms with Crippen LogP contribution in [0.1, 0.15) is 6.42 Å². The van der Waals surface area contributed by atoms with E-state index in [-0.39, 0.29) is 23.3 Å². The van der Waals surface area contributed by atoms with Gasteiger partial charge in [-0.3, -0.25) is 0 Å². The van der Waals surface area contributed by atoms with Crippen LogP contribution < -0.4 is 9.64 Å². The lowest BCUT2D eigenvalue weighted by Crippen LogP contribution is -2.37. The molecule has 104 valence electrons. The number of aliphatic carboxylic acids is 1. The molecule has 0 amide bonds.